The molecule has 2 fully saturated rings. The number of morpholine rings is 1. The fraction of sp³-hybridized carbons (Fsp3) is 0.611. The number of sulfone groups is 1. The molecule has 1 N–H and O–H groups in total. The molecule has 1 amide bonds. The first-order valence-corrected chi connectivity index (χ1v) is 12.7. The molecule has 1 aromatic carbocycles. The number of sulfonamides is 1. The normalized spacial score (nSPS) is 22.5. The summed E-state index contributed by atoms with van der Waals surface area (Å²) in [6, 6.07) is 4.32. The van der Waals surface area contributed by atoms with Gasteiger partial charge in [-0.1, -0.05) is 0 Å². The third kappa shape index (κ3) is 5.27. The van der Waals surface area contributed by atoms with Crippen LogP contribution in [-0.2, 0) is 29.4 Å². The molecule has 3 rings (SSSR count). The Morgan fingerprint density at radius 2 is 1.97 bits per heavy atom. The van der Waals surface area contributed by atoms with Gasteiger partial charge in [-0.05, 0) is 38.5 Å². The maximum atomic E-state index is 12.9. The van der Waals surface area contributed by atoms with E-state index in [1.807, 2.05) is 13.8 Å². The van der Waals surface area contributed by atoms with Crippen LogP contribution >= 0.6 is 0 Å². The van der Waals surface area contributed by atoms with E-state index in [4.69, 9.17) is 9.47 Å². The first-order valence-electron chi connectivity index (χ1n) is 9.48. The predicted octanol–water partition coefficient (Wildman–Crippen LogP) is 0.868. The molecular weight excluding hydrogens is 420 g/mol. The number of benzene rings is 1. The van der Waals surface area contributed by atoms with Gasteiger partial charge in [-0.2, -0.15) is 4.31 Å². The van der Waals surface area contributed by atoms with Crippen molar-refractivity contribution in [1.82, 2.24) is 4.31 Å². The number of rotatable bonds is 6. The molecule has 2 heterocycles. The van der Waals surface area contributed by atoms with E-state index in [0.29, 0.717) is 19.0 Å². The average molecular weight is 447 g/mol. The zero-order valence-corrected chi connectivity index (χ0v) is 18.1. The first-order chi connectivity index (χ1) is 13.6. The van der Waals surface area contributed by atoms with Crippen molar-refractivity contribution >= 4 is 31.5 Å². The molecule has 2 aliphatic rings. The zero-order valence-electron chi connectivity index (χ0n) is 16.5. The molecule has 1 aromatic rings. The Morgan fingerprint density at radius 3 is 2.55 bits per heavy atom. The minimum atomic E-state index is -3.75. The highest BCUT2D eigenvalue weighted by Gasteiger charge is 2.34. The van der Waals surface area contributed by atoms with Gasteiger partial charge in [0, 0.05) is 13.1 Å². The summed E-state index contributed by atoms with van der Waals surface area (Å²) in [5.74, 6) is -1.02. The second-order valence-corrected chi connectivity index (χ2v) is 11.6. The van der Waals surface area contributed by atoms with Crippen molar-refractivity contribution in [2.75, 3.05) is 43.1 Å². The lowest BCUT2D eigenvalue weighted by Crippen LogP contribution is -2.40. The zero-order chi connectivity index (χ0) is 21.2. The summed E-state index contributed by atoms with van der Waals surface area (Å²) < 4.78 is 61.5. The molecule has 2 saturated heterocycles. The van der Waals surface area contributed by atoms with Crippen LogP contribution in [0.2, 0.25) is 0 Å². The topological polar surface area (TPSA) is 119 Å². The summed E-state index contributed by atoms with van der Waals surface area (Å²) in [6.45, 7) is 4.80. The molecule has 2 aliphatic heterocycles. The summed E-state index contributed by atoms with van der Waals surface area (Å²) >= 11 is 0. The lowest BCUT2D eigenvalue weighted by molar-refractivity contribution is -0.119. The molecule has 29 heavy (non-hydrogen) atoms. The molecule has 0 bridgehead atoms. The van der Waals surface area contributed by atoms with Gasteiger partial charge in [0.1, 0.15) is 5.75 Å². The van der Waals surface area contributed by atoms with E-state index in [1.165, 1.54) is 22.5 Å². The largest absolute Gasteiger partial charge is 0.489 e. The lowest BCUT2D eigenvalue weighted by atomic mass is 10.1. The summed E-state index contributed by atoms with van der Waals surface area (Å²) in [6.07, 6.45) is 0.0551. The summed E-state index contributed by atoms with van der Waals surface area (Å²) in [4.78, 5) is 12.6. The maximum Gasteiger partial charge on any atom is 0.243 e. The molecule has 1 atom stereocenters. The summed E-state index contributed by atoms with van der Waals surface area (Å²) in [7, 11) is -6.97. The van der Waals surface area contributed by atoms with Gasteiger partial charge in [0.15, 0.2) is 9.84 Å². The van der Waals surface area contributed by atoms with E-state index in [1.54, 1.807) is 0 Å². The lowest BCUT2D eigenvalue weighted by Gasteiger charge is -2.26. The van der Waals surface area contributed by atoms with Crippen LogP contribution in [0.1, 0.15) is 20.3 Å². The van der Waals surface area contributed by atoms with Crippen LogP contribution < -0.4 is 10.1 Å². The molecule has 0 spiro atoms. The van der Waals surface area contributed by atoms with E-state index in [2.05, 4.69) is 5.32 Å². The monoisotopic (exact) mass is 446 g/mol. The van der Waals surface area contributed by atoms with Gasteiger partial charge in [-0.3, -0.25) is 4.79 Å². The van der Waals surface area contributed by atoms with Gasteiger partial charge in [-0.15, -0.1) is 0 Å². The number of hydrogen-bond donors (Lipinski definition) is 1. The number of amides is 1. The molecule has 9 nitrogen and oxygen atoms in total. The van der Waals surface area contributed by atoms with Crippen molar-refractivity contribution in [1.29, 1.82) is 0 Å². The van der Waals surface area contributed by atoms with Crippen molar-refractivity contribution in [3.05, 3.63) is 18.2 Å². The van der Waals surface area contributed by atoms with Crippen LogP contribution in [0.15, 0.2) is 23.1 Å². The van der Waals surface area contributed by atoms with Crippen LogP contribution in [0.25, 0.3) is 0 Å². The predicted molar refractivity (Wildman–Crippen MR) is 107 cm³/mol. The fourth-order valence-electron chi connectivity index (χ4n) is 3.30. The molecule has 0 radical (unpaired) electrons. The Labute approximate surface area is 171 Å². The van der Waals surface area contributed by atoms with Crippen LogP contribution in [-0.4, -0.2) is 71.0 Å². The Hall–Kier alpha value is -1.69. The van der Waals surface area contributed by atoms with Crippen LogP contribution in [0.3, 0.4) is 0 Å². The SMILES string of the molecule is CC(C)Oc1ccc(S(=O)(=O)N2CCOCC2)cc1NC(=O)C1CCS(=O)(=O)C1. The van der Waals surface area contributed by atoms with Crippen molar-refractivity contribution in [2.45, 2.75) is 31.3 Å². The molecule has 1 unspecified atom stereocenters. The first kappa shape index (κ1) is 22.0. The minimum Gasteiger partial charge on any atom is -0.489 e. The van der Waals surface area contributed by atoms with E-state index in [9.17, 15) is 21.6 Å². The van der Waals surface area contributed by atoms with Crippen LogP contribution in [0, 0.1) is 5.92 Å². The smallest absolute Gasteiger partial charge is 0.243 e. The fourth-order valence-corrected chi connectivity index (χ4v) is 6.47. The number of ether oxygens (including phenoxy) is 2. The van der Waals surface area contributed by atoms with E-state index in [0.717, 1.165) is 0 Å². The molecule has 11 heteroatoms. The van der Waals surface area contributed by atoms with Gasteiger partial charge in [0.05, 0.1) is 47.3 Å². The average Bonchev–Trinajstić information content (AvgIpc) is 3.03. The molecule has 0 aliphatic carbocycles. The quantitative estimate of drug-likeness (QED) is 0.688. The summed E-state index contributed by atoms with van der Waals surface area (Å²) in [5.41, 5.74) is 0.210. The van der Waals surface area contributed by atoms with E-state index in [-0.39, 0.29) is 47.7 Å². The number of carbonyl (C=O) groups is 1. The van der Waals surface area contributed by atoms with Gasteiger partial charge in [0.2, 0.25) is 15.9 Å². The number of nitrogens with zero attached hydrogens (tertiary/aromatic N) is 1. The number of anilines is 1. The van der Waals surface area contributed by atoms with Crippen molar-refractivity contribution < 1.29 is 31.1 Å². The third-order valence-electron chi connectivity index (χ3n) is 4.78. The van der Waals surface area contributed by atoms with Crippen LogP contribution in [0.5, 0.6) is 5.75 Å². The van der Waals surface area contributed by atoms with Crippen LogP contribution in [0.4, 0.5) is 5.69 Å². The number of carbonyl (C=O) groups excluding carboxylic acids is 1. The van der Waals surface area contributed by atoms with Crippen molar-refractivity contribution in [2.24, 2.45) is 5.92 Å². The van der Waals surface area contributed by atoms with Gasteiger partial charge < -0.3 is 14.8 Å². The molecule has 0 saturated carbocycles. The Kier molecular flexibility index (Phi) is 6.51. The number of hydrogen-bond acceptors (Lipinski definition) is 7. The molecule has 0 aromatic heterocycles. The minimum absolute atomic E-state index is 0.0219. The van der Waals surface area contributed by atoms with Gasteiger partial charge in [0.25, 0.3) is 0 Å². The highest BCUT2D eigenvalue weighted by Crippen LogP contribution is 2.31. The Morgan fingerprint density at radius 1 is 1.28 bits per heavy atom. The maximum absolute atomic E-state index is 12.9. The second-order valence-electron chi connectivity index (χ2n) is 7.43. The van der Waals surface area contributed by atoms with Gasteiger partial charge >= 0.3 is 0 Å². The van der Waals surface area contributed by atoms with E-state index < -0.39 is 31.7 Å². The third-order valence-corrected chi connectivity index (χ3v) is 8.45. The standard InChI is InChI=1S/C18H26N2O7S2/c1-13(2)27-17-4-3-15(29(24,25)20-6-8-26-9-7-20)11-16(17)19-18(21)14-5-10-28(22,23)12-14/h3-4,11,13-14H,5-10,12H2,1-2H3,(H,19,21). The Balaban J connectivity index is 1.88. The second kappa shape index (κ2) is 8.58. The molecule has 162 valence electrons. The Bertz CT molecular complexity index is 968. The highest BCUT2D eigenvalue weighted by atomic mass is 32.2. The van der Waals surface area contributed by atoms with Crippen molar-refractivity contribution in [3.8, 4) is 5.75 Å². The highest BCUT2D eigenvalue weighted by molar-refractivity contribution is 7.91. The van der Waals surface area contributed by atoms with Gasteiger partial charge in [-0.25, -0.2) is 16.8 Å². The molecular formula is C18H26N2O7S2. The summed E-state index contributed by atoms with van der Waals surface area (Å²) in [5, 5.41) is 2.67. The number of nitrogens with one attached hydrogen (secondary N) is 1. The van der Waals surface area contributed by atoms with E-state index >= 15 is 0 Å². The van der Waals surface area contributed by atoms with Crippen molar-refractivity contribution in [3.63, 3.8) is 0 Å².